The molecule has 2 heteroatoms. The Hall–Kier alpha value is 0.310. The average molecular weight is 117 g/mol. The summed E-state index contributed by atoms with van der Waals surface area (Å²) in [6.45, 7) is 2.21. The van der Waals surface area contributed by atoms with Gasteiger partial charge in [-0.2, -0.15) is 12.6 Å². The molecule has 1 rings (SSSR count). The maximum Gasteiger partial charge on any atom is 0.0220 e. The average Bonchev–Trinajstić information content (AvgIpc) is 2.17. The van der Waals surface area contributed by atoms with Crippen LogP contribution in [0.15, 0.2) is 0 Å². The van der Waals surface area contributed by atoms with Crippen molar-refractivity contribution < 1.29 is 0 Å². The van der Waals surface area contributed by atoms with Gasteiger partial charge in [-0.25, -0.2) is 0 Å². The Morgan fingerprint density at radius 2 is 2.00 bits per heavy atom. The minimum atomic E-state index is 0.616. The normalized spacial score (nSPS) is 49.3. The zero-order valence-electron chi connectivity index (χ0n) is 4.68. The van der Waals surface area contributed by atoms with Crippen molar-refractivity contribution in [2.24, 2.45) is 5.92 Å². The maximum atomic E-state index is 4.28. The summed E-state index contributed by atoms with van der Waals surface area (Å²) in [7, 11) is 1.98. The van der Waals surface area contributed by atoms with Gasteiger partial charge in [0.1, 0.15) is 0 Å². The number of nitrogens with one attached hydrogen (secondary N) is 1. The smallest absolute Gasteiger partial charge is 0.0220 e. The molecule has 0 heterocycles. The van der Waals surface area contributed by atoms with Crippen molar-refractivity contribution in [1.29, 1.82) is 0 Å². The second kappa shape index (κ2) is 1.67. The molecule has 1 saturated carbocycles. The zero-order chi connectivity index (χ0) is 5.44. The Kier molecular flexibility index (Phi) is 1.30. The SMILES string of the molecule is CNC1C(C)C1S. The molecule has 0 spiro atoms. The minimum absolute atomic E-state index is 0.616. The Morgan fingerprint density at radius 1 is 1.57 bits per heavy atom. The van der Waals surface area contributed by atoms with Crippen LogP contribution in [0.5, 0.6) is 0 Å². The molecule has 0 aromatic rings. The van der Waals surface area contributed by atoms with Gasteiger partial charge < -0.3 is 5.32 Å². The summed E-state index contributed by atoms with van der Waals surface area (Å²) in [5, 5.41) is 3.78. The fourth-order valence-corrected chi connectivity index (χ4v) is 1.38. The van der Waals surface area contributed by atoms with Crippen molar-refractivity contribution in [2.75, 3.05) is 7.05 Å². The molecule has 0 aromatic carbocycles. The first-order valence-electron chi connectivity index (χ1n) is 2.62. The number of rotatable bonds is 1. The molecule has 1 nitrogen and oxygen atoms in total. The number of hydrogen-bond donors (Lipinski definition) is 2. The van der Waals surface area contributed by atoms with Gasteiger partial charge in [0, 0.05) is 11.3 Å². The van der Waals surface area contributed by atoms with E-state index in [1.54, 1.807) is 0 Å². The fourth-order valence-electron chi connectivity index (χ4n) is 0.875. The lowest BCUT2D eigenvalue weighted by molar-refractivity contribution is 0.747. The van der Waals surface area contributed by atoms with Crippen LogP contribution >= 0.6 is 12.6 Å². The van der Waals surface area contributed by atoms with E-state index in [4.69, 9.17) is 0 Å². The largest absolute Gasteiger partial charge is 0.316 e. The minimum Gasteiger partial charge on any atom is -0.316 e. The van der Waals surface area contributed by atoms with Crippen molar-refractivity contribution in [2.45, 2.75) is 18.2 Å². The second-order valence-corrected chi connectivity index (χ2v) is 2.76. The van der Waals surface area contributed by atoms with E-state index in [0.717, 1.165) is 5.92 Å². The molecule has 0 bridgehead atoms. The third-order valence-corrected chi connectivity index (χ3v) is 2.46. The Bertz CT molecular complexity index is 66.5. The summed E-state index contributed by atoms with van der Waals surface area (Å²) in [6.07, 6.45) is 0. The molecule has 0 saturated heterocycles. The first kappa shape index (κ1) is 5.45. The summed E-state index contributed by atoms with van der Waals surface area (Å²) in [5.41, 5.74) is 0. The Balaban J connectivity index is 2.24. The van der Waals surface area contributed by atoms with Crippen molar-refractivity contribution in [3.05, 3.63) is 0 Å². The van der Waals surface area contributed by atoms with E-state index in [1.807, 2.05) is 7.05 Å². The van der Waals surface area contributed by atoms with E-state index in [0.29, 0.717) is 11.3 Å². The molecule has 0 amide bonds. The van der Waals surface area contributed by atoms with Crippen LogP contribution in [0.4, 0.5) is 0 Å². The third kappa shape index (κ3) is 0.774. The Morgan fingerprint density at radius 3 is 2.00 bits per heavy atom. The van der Waals surface area contributed by atoms with Crippen LogP contribution in [-0.2, 0) is 0 Å². The first-order chi connectivity index (χ1) is 3.27. The van der Waals surface area contributed by atoms with Crippen LogP contribution < -0.4 is 5.32 Å². The van der Waals surface area contributed by atoms with E-state index in [-0.39, 0.29) is 0 Å². The molecule has 0 radical (unpaired) electrons. The number of hydrogen-bond acceptors (Lipinski definition) is 2. The van der Waals surface area contributed by atoms with Crippen molar-refractivity contribution in [3.8, 4) is 0 Å². The van der Waals surface area contributed by atoms with E-state index in [9.17, 15) is 0 Å². The maximum absolute atomic E-state index is 4.28. The van der Waals surface area contributed by atoms with Crippen molar-refractivity contribution in [1.82, 2.24) is 5.32 Å². The lowest BCUT2D eigenvalue weighted by Crippen LogP contribution is -2.11. The standard InChI is InChI=1S/C5H11NS/c1-3-4(6-2)5(3)7/h3-7H,1-2H3. The molecule has 1 aliphatic rings. The molecule has 1 fully saturated rings. The molecule has 0 aliphatic heterocycles. The lowest BCUT2D eigenvalue weighted by Gasteiger charge is -1.86. The lowest BCUT2D eigenvalue weighted by atomic mass is 10.5. The molecule has 7 heavy (non-hydrogen) atoms. The summed E-state index contributed by atoms with van der Waals surface area (Å²) in [6, 6.07) is 0.684. The van der Waals surface area contributed by atoms with Crippen LogP contribution in [0.1, 0.15) is 6.92 Å². The van der Waals surface area contributed by atoms with Crippen LogP contribution in [-0.4, -0.2) is 18.3 Å². The van der Waals surface area contributed by atoms with Gasteiger partial charge in [0.05, 0.1) is 0 Å². The summed E-state index contributed by atoms with van der Waals surface area (Å²) < 4.78 is 0. The third-order valence-electron chi connectivity index (χ3n) is 1.67. The molecule has 0 aromatic heterocycles. The highest BCUT2D eigenvalue weighted by Gasteiger charge is 2.42. The van der Waals surface area contributed by atoms with Crippen LogP contribution in [0.3, 0.4) is 0 Å². The van der Waals surface area contributed by atoms with E-state index < -0.39 is 0 Å². The first-order valence-corrected chi connectivity index (χ1v) is 3.14. The quantitative estimate of drug-likeness (QED) is 0.477. The van der Waals surface area contributed by atoms with Gasteiger partial charge in [-0.1, -0.05) is 6.92 Å². The molecule has 42 valence electrons. The van der Waals surface area contributed by atoms with E-state index in [1.165, 1.54) is 0 Å². The topological polar surface area (TPSA) is 12.0 Å². The predicted molar refractivity (Wildman–Crippen MR) is 34.8 cm³/mol. The molecule has 3 unspecified atom stereocenters. The number of thiol groups is 1. The van der Waals surface area contributed by atoms with Crippen LogP contribution in [0.2, 0.25) is 0 Å². The fraction of sp³-hybridized carbons (Fsp3) is 1.00. The molecular weight excluding hydrogens is 106 g/mol. The van der Waals surface area contributed by atoms with Crippen LogP contribution in [0.25, 0.3) is 0 Å². The second-order valence-electron chi connectivity index (χ2n) is 2.16. The molecule has 1 N–H and O–H groups in total. The summed E-state index contributed by atoms with van der Waals surface area (Å²) in [5.74, 6) is 0.785. The van der Waals surface area contributed by atoms with Crippen molar-refractivity contribution in [3.63, 3.8) is 0 Å². The van der Waals surface area contributed by atoms with Gasteiger partial charge in [-0.3, -0.25) is 0 Å². The summed E-state index contributed by atoms with van der Waals surface area (Å²) in [4.78, 5) is 0. The van der Waals surface area contributed by atoms with Gasteiger partial charge in [-0.15, -0.1) is 0 Å². The van der Waals surface area contributed by atoms with E-state index in [2.05, 4.69) is 24.9 Å². The molecule has 3 atom stereocenters. The molecule has 1 aliphatic carbocycles. The highest BCUT2D eigenvalue weighted by Crippen LogP contribution is 2.34. The highest BCUT2D eigenvalue weighted by atomic mass is 32.1. The Labute approximate surface area is 49.9 Å². The predicted octanol–water partition coefficient (Wildman–Crippen LogP) is 0.522. The van der Waals surface area contributed by atoms with Crippen LogP contribution in [0, 0.1) is 5.92 Å². The van der Waals surface area contributed by atoms with Gasteiger partial charge in [0.25, 0.3) is 0 Å². The van der Waals surface area contributed by atoms with Crippen molar-refractivity contribution >= 4 is 12.6 Å². The van der Waals surface area contributed by atoms with Gasteiger partial charge >= 0.3 is 0 Å². The summed E-state index contributed by atoms with van der Waals surface area (Å²) >= 11 is 4.28. The van der Waals surface area contributed by atoms with Gasteiger partial charge in [0.15, 0.2) is 0 Å². The van der Waals surface area contributed by atoms with Gasteiger partial charge in [-0.05, 0) is 13.0 Å². The highest BCUT2D eigenvalue weighted by molar-refractivity contribution is 7.81. The van der Waals surface area contributed by atoms with E-state index >= 15 is 0 Å². The molecular formula is C5H11NS. The zero-order valence-corrected chi connectivity index (χ0v) is 5.57. The van der Waals surface area contributed by atoms with Gasteiger partial charge in [0.2, 0.25) is 0 Å². The monoisotopic (exact) mass is 117 g/mol.